The van der Waals surface area contributed by atoms with Crippen LogP contribution in [-0.4, -0.2) is 19.0 Å². The van der Waals surface area contributed by atoms with Gasteiger partial charge in [0.25, 0.3) is 0 Å². The summed E-state index contributed by atoms with van der Waals surface area (Å²) in [6.45, 7) is 12.8. The quantitative estimate of drug-likeness (QED) is 0.682. The molecule has 2 bridgehead atoms. The second kappa shape index (κ2) is 3.71. The molecule has 2 unspecified atom stereocenters. The normalized spacial score (nSPS) is 39.2. The first-order chi connectivity index (χ1) is 7.42. The number of rotatable bonds is 4. The molecule has 2 atom stereocenters. The van der Waals surface area contributed by atoms with Crippen LogP contribution in [0.5, 0.6) is 0 Å². The third-order valence-corrected chi connectivity index (χ3v) is 5.36. The maximum absolute atomic E-state index is 6.04. The van der Waals surface area contributed by atoms with Crippen molar-refractivity contribution in [2.24, 2.45) is 16.7 Å². The number of ether oxygens (including phenoxy) is 2. The Hall–Kier alpha value is -0.0800. The van der Waals surface area contributed by atoms with E-state index in [1.807, 2.05) is 0 Å². The zero-order valence-electron chi connectivity index (χ0n) is 11.4. The van der Waals surface area contributed by atoms with Crippen molar-refractivity contribution in [3.05, 3.63) is 0 Å². The van der Waals surface area contributed by atoms with Crippen molar-refractivity contribution in [1.82, 2.24) is 0 Å². The molecule has 2 rings (SSSR count). The van der Waals surface area contributed by atoms with Crippen molar-refractivity contribution in [2.45, 2.75) is 59.7 Å². The van der Waals surface area contributed by atoms with Gasteiger partial charge in [-0.2, -0.15) is 0 Å². The van der Waals surface area contributed by atoms with Crippen molar-refractivity contribution in [2.75, 3.05) is 13.2 Å². The summed E-state index contributed by atoms with van der Waals surface area (Å²) in [5.74, 6) is 0.268. The van der Waals surface area contributed by atoms with Gasteiger partial charge in [-0.25, -0.2) is 0 Å². The highest BCUT2D eigenvalue weighted by atomic mass is 16.7. The molecule has 0 N–H and O–H groups in total. The Morgan fingerprint density at radius 1 is 1.06 bits per heavy atom. The minimum atomic E-state index is -0.292. The lowest BCUT2D eigenvalue weighted by atomic mass is 9.71. The first kappa shape index (κ1) is 12.4. The van der Waals surface area contributed by atoms with Crippen LogP contribution >= 0.6 is 0 Å². The molecule has 2 heteroatoms. The van der Waals surface area contributed by atoms with E-state index in [0.29, 0.717) is 16.7 Å². The van der Waals surface area contributed by atoms with Gasteiger partial charge < -0.3 is 9.47 Å². The van der Waals surface area contributed by atoms with Gasteiger partial charge in [0.05, 0.1) is 0 Å². The maximum Gasteiger partial charge on any atom is 0.172 e. The lowest BCUT2D eigenvalue weighted by Gasteiger charge is -2.38. The van der Waals surface area contributed by atoms with E-state index in [0.717, 1.165) is 19.6 Å². The number of hydrogen-bond acceptors (Lipinski definition) is 2. The highest BCUT2D eigenvalue weighted by Crippen LogP contribution is 2.70. The fourth-order valence-electron chi connectivity index (χ4n) is 4.15. The molecule has 0 heterocycles. The highest BCUT2D eigenvalue weighted by molar-refractivity contribution is 5.13. The van der Waals surface area contributed by atoms with Crippen LogP contribution < -0.4 is 0 Å². The smallest absolute Gasteiger partial charge is 0.172 e. The van der Waals surface area contributed by atoms with Gasteiger partial charge in [-0.1, -0.05) is 20.8 Å². The maximum atomic E-state index is 6.04. The van der Waals surface area contributed by atoms with E-state index >= 15 is 0 Å². The molecule has 94 valence electrons. The fraction of sp³-hybridized carbons (Fsp3) is 1.00. The molecule has 2 fully saturated rings. The van der Waals surface area contributed by atoms with E-state index in [1.54, 1.807) is 0 Å². The molecule has 0 aromatic carbocycles. The average Bonchev–Trinajstić information content (AvgIpc) is 2.47. The zero-order chi connectivity index (χ0) is 12.0. The Kier molecular flexibility index (Phi) is 2.87. The molecule has 2 nitrogen and oxygen atoms in total. The lowest BCUT2D eigenvalue weighted by molar-refractivity contribution is -0.266. The van der Waals surface area contributed by atoms with E-state index in [9.17, 15) is 0 Å². The van der Waals surface area contributed by atoms with Crippen LogP contribution in [0, 0.1) is 16.7 Å². The van der Waals surface area contributed by atoms with Gasteiger partial charge >= 0.3 is 0 Å². The molecule has 2 aliphatic carbocycles. The van der Waals surface area contributed by atoms with Crippen LogP contribution in [0.15, 0.2) is 0 Å². The predicted octanol–water partition coefficient (Wildman–Crippen LogP) is 3.60. The standard InChI is InChI=1S/C14H26O2/c1-6-15-14(16-7-2)10-13(5)9-8-11(14)12(13,3)4/h11H,6-10H2,1-5H3. The van der Waals surface area contributed by atoms with Crippen LogP contribution in [0.2, 0.25) is 0 Å². The molecule has 0 amide bonds. The molecule has 0 aromatic rings. The third kappa shape index (κ3) is 1.39. The van der Waals surface area contributed by atoms with E-state index in [-0.39, 0.29) is 5.79 Å². The van der Waals surface area contributed by atoms with Gasteiger partial charge in [0, 0.05) is 25.6 Å². The topological polar surface area (TPSA) is 18.5 Å². The van der Waals surface area contributed by atoms with Gasteiger partial charge in [0.15, 0.2) is 5.79 Å². The summed E-state index contributed by atoms with van der Waals surface area (Å²) in [5.41, 5.74) is 0.735. The molecule has 0 saturated heterocycles. The Balaban J connectivity index is 2.31. The summed E-state index contributed by atoms with van der Waals surface area (Å²) < 4.78 is 12.1. The van der Waals surface area contributed by atoms with Crippen LogP contribution in [0.4, 0.5) is 0 Å². The zero-order valence-corrected chi connectivity index (χ0v) is 11.4. The lowest BCUT2D eigenvalue weighted by Crippen LogP contribution is -2.43. The van der Waals surface area contributed by atoms with E-state index in [4.69, 9.17) is 9.47 Å². The van der Waals surface area contributed by atoms with Crippen molar-refractivity contribution in [1.29, 1.82) is 0 Å². The molecular weight excluding hydrogens is 200 g/mol. The molecule has 0 spiro atoms. The molecule has 0 radical (unpaired) electrons. The summed E-state index contributed by atoms with van der Waals surface area (Å²) >= 11 is 0. The Labute approximate surface area is 99.7 Å². The summed E-state index contributed by atoms with van der Waals surface area (Å²) in [7, 11) is 0. The van der Waals surface area contributed by atoms with Gasteiger partial charge in [0.1, 0.15) is 0 Å². The van der Waals surface area contributed by atoms with Gasteiger partial charge in [0.2, 0.25) is 0 Å². The predicted molar refractivity (Wildman–Crippen MR) is 65.2 cm³/mol. The van der Waals surface area contributed by atoms with Gasteiger partial charge in [-0.15, -0.1) is 0 Å². The van der Waals surface area contributed by atoms with Crippen LogP contribution in [0.25, 0.3) is 0 Å². The van der Waals surface area contributed by atoms with Crippen LogP contribution in [-0.2, 0) is 9.47 Å². The molecule has 0 aromatic heterocycles. The minimum absolute atomic E-state index is 0.292. The van der Waals surface area contributed by atoms with E-state index < -0.39 is 0 Å². The summed E-state index contributed by atoms with van der Waals surface area (Å²) in [6.07, 6.45) is 3.65. The van der Waals surface area contributed by atoms with Crippen molar-refractivity contribution >= 4 is 0 Å². The second-order valence-electron chi connectivity index (χ2n) is 6.23. The first-order valence-corrected chi connectivity index (χ1v) is 6.70. The number of hydrogen-bond donors (Lipinski definition) is 0. The first-order valence-electron chi connectivity index (χ1n) is 6.70. The van der Waals surface area contributed by atoms with Crippen molar-refractivity contribution in [3.8, 4) is 0 Å². The van der Waals surface area contributed by atoms with Crippen molar-refractivity contribution in [3.63, 3.8) is 0 Å². The second-order valence-corrected chi connectivity index (χ2v) is 6.23. The Morgan fingerprint density at radius 3 is 1.94 bits per heavy atom. The average molecular weight is 226 g/mol. The summed E-state index contributed by atoms with van der Waals surface area (Å²) in [5, 5.41) is 0. The molecule has 2 aliphatic rings. The largest absolute Gasteiger partial charge is 0.350 e. The Morgan fingerprint density at radius 2 is 1.62 bits per heavy atom. The summed E-state index contributed by atoms with van der Waals surface area (Å²) in [6, 6.07) is 0. The highest BCUT2D eigenvalue weighted by Gasteiger charge is 2.68. The SMILES string of the molecule is CCOC1(OCC)CC2(C)CCC1C2(C)C. The molecule has 16 heavy (non-hydrogen) atoms. The van der Waals surface area contributed by atoms with Crippen LogP contribution in [0.3, 0.4) is 0 Å². The van der Waals surface area contributed by atoms with Crippen molar-refractivity contribution < 1.29 is 9.47 Å². The van der Waals surface area contributed by atoms with Crippen LogP contribution in [0.1, 0.15) is 53.9 Å². The summed E-state index contributed by atoms with van der Waals surface area (Å²) in [4.78, 5) is 0. The van der Waals surface area contributed by atoms with Gasteiger partial charge in [-0.05, 0) is 37.5 Å². The molecule has 0 aliphatic heterocycles. The van der Waals surface area contributed by atoms with Gasteiger partial charge in [-0.3, -0.25) is 0 Å². The van der Waals surface area contributed by atoms with E-state index in [1.165, 1.54) is 12.8 Å². The third-order valence-electron chi connectivity index (χ3n) is 5.36. The Bertz CT molecular complexity index is 263. The minimum Gasteiger partial charge on any atom is -0.350 e. The monoisotopic (exact) mass is 226 g/mol. The number of fused-ring (bicyclic) bond motifs is 2. The fourth-order valence-corrected chi connectivity index (χ4v) is 4.15. The van der Waals surface area contributed by atoms with E-state index in [2.05, 4.69) is 34.6 Å². The molecular formula is C14H26O2. The molecule has 2 saturated carbocycles.